The lowest BCUT2D eigenvalue weighted by Crippen LogP contribution is -2.27. The normalized spacial score (nSPS) is 16.2. The van der Waals surface area contributed by atoms with E-state index in [0.717, 1.165) is 5.69 Å². The first-order valence-corrected chi connectivity index (χ1v) is 5.87. The fraction of sp³-hybridized carbons (Fsp3) is 0.429. The quantitative estimate of drug-likeness (QED) is 0.665. The van der Waals surface area contributed by atoms with E-state index in [1.165, 1.54) is 11.3 Å². The number of carbonyl (C=O) groups is 1. The maximum absolute atomic E-state index is 10.7. The molecule has 0 amide bonds. The summed E-state index contributed by atoms with van der Waals surface area (Å²) in [4.78, 5) is 10.7. The average Bonchev–Trinajstić information content (AvgIpc) is 2.47. The van der Waals surface area contributed by atoms with E-state index in [2.05, 4.69) is 37.5 Å². The molecule has 1 heterocycles. The summed E-state index contributed by atoms with van der Waals surface area (Å²) in [5, 5.41) is 8.80. The third kappa shape index (κ3) is 2.43. The number of nitrogens with zero attached hydrogens (tertiary/aromatic N) is 1. The van der Waals surface area contributed by atoms with E-state index in [1.54, 1.807) is 0 Å². The van der Waals surface area contributed by atoms with Gasteiger partial charge in [-0.3, -0.25) is 4.79 Å². The molecule has 0 aliphatic carbocycles. The second-order valence-corrected chi connectivity index (χ2v) is 5.02. The summed E-state index contributed by atoms with van der Waals surface area (Å²) in [6, 6.07) is 8.23. The van der Waals surface area contributed by atoms with Crippen LogP contribution in [-0.4, -0.2) is 27.9 Å². The molecule has 1 aromatic carbocycles. The summed E-state index contributed by atoms with van der Waals surface area (Å²) in [5.74, 6) is -0.750. The van der Waals surface area contributed by atoms with Gasteiger partial charge in [-0.1, -0.05) is 18.2 Å². The highest BCUT2D eigenvalue weighted by molar-refractivity contribution is 14.0. The lowest BCUT2D eigenvalue weighted by molar-refractivity contribution is -0.438. The Bertz CT molecular complexity index is 506. The monoisotopic (exact) mass is 360 g/mol. The molecule has 0 bridgehead atoms. The second-order valence-electron chi connectivity index (χ2n) is 5.02. The van der Waals surface area contributed by atoms with Crippen molar-refractivity contribution >= 4 is 41.3 Å². The van der Waals surface area contributed by atoms with Crippen LogP contribution in [0.2, 0.25) is 0 Å². The molecule has 18 heavy (non-hydrogen) atoms. The SMILES string of the molecule is CC1=[N+](CCC(=O)O)c2ccccc2C1(C)C.I. The Labute approximate surface area is 125 Å². The minimum absolute atomic E-state index is 0. The maximum Gasteiger partial charge on any atom is 0.309 e. The smallest absolute Gasteiger partial charge is 0.309 e. The molecule has 1 N–H and O–H groups in total. The Morgan fingerprint density at radius 3 is 2.56 bits per heavy atom. The maximum atomic E-state index is 10.7. The molecular formula is C14H19INO2+. The first-order chi connectivity index (χ1) is 7.94. The lowest BCUT2D eigenvalue weighted by Gasteiger charge is -2.14. The highest BCUT2D eigenvalue weighted by Gasteiger charge is 2.42. The van der Waals surface area contributed by atoms with Gasteiger partial charge in [0, 0.05) is 18.6 Å². The summed E-state index contributed by atoms with van der Waals surface area (Å²) in [7, 11) is 0. The molecule has 3 nitrogen and oxygen atoms in total. The van der Waals surface area contributed by atoms with Crippen molar-refractivity contribution in [3.63, 3.8) is 0 Å². The Kier molecular flexibility index (Phi) is 4.53. The molecule has 0 saturated heterocycles. The predicted molar refractivity (Wildman–Crippen MR) is 82.6 cm³/mol. The largest absolute Gasteiger partial charge is 0.481 e. The Morgan fingerprint density at radius 2 is 1.94 bits per heavy atom. The van der Waals surface area contributed by atoms with Crippen LogP contribution < -0.4 is 0 Å². The van der Waals surface area contributed by atoms with Crippen LogP contribution in [0.15, 0.2) is 24.3 Å². The third-order valence-electron chi connectivity index (χ3n) is 3.73. The first kappa shape index (κ1) is 15.1. The number of benzene rings is 1. The molecule has 0 atom stereocenters. The van der Waals surface area contributed by atoms with Crippen molar-refractivity contribution < 1.29 is 14.5 Å². The van der Waals surface area contributed by atoms with Crippen molar-refractivity contribution in [3.8, 4) is 0 Å². The van der Waals surface area contributed by atoms with E-state index in [-0.39, 0.29) is 35.8 Å². The van der Waals surface area contributed by atoms with E-state index in [9.17, 15) is 4.79 Å². The Morgan fingerprint density at radius 1 is 1.33 bits per heavy atom. The van der Waals surface area contributed by atoms with Crippen molar-refractivity contribution in [1.82, 2.24) is 0 Å². The Hall–Kier alpha value is -0.910. The molecule has 4 heteroatoms. The number of para-hydroxylation sites is 1. The van der Waals surface area contributed by atoms with E-state index in [4.69, 9.17) is 5.11 Å². The molecule has 1 aromatic rings. The van der Waals surface area contributed by atoms with Gasteiger partial charge in [0.05, 0.1) is 5.41 Å². The zero-order chi connectivity index (χ0) is 12.6. The van der Waals surface area contributed by atoms with Gasteiger partial charge in [0.2, 0.25) is 5.69 Å². The van der Waals surface area contributed by atoms with Crippen molar-refractivity contribution in [2.45, 2.75) is 32.6 Å². The van der Waals surface area contributed by atoms with E-state index >= 15 is 0 Å². The Balaban J connectivity index is 0.00000162. The standard InChI is InChI=1S/C14H17NO2.HI/c1-10-14(2,3)11-6-4-5-7-12(11)15(10)9-8-13(16)17;/h4-7H,8-9H2,1-3H3;1H/p+1. The van der Waals surface area contributed by atoms with Gasteiger partial charge < -0.3 is 5.11 Å². The van der Waals surface area contributed by atoms with Gasteiger partial charge in [0.1, 0.15) is 6.42 Å². The van der Waals surface area contributed by atoms with Crippen LogP contribution >= 0.6 is 24.0 Å². The number of hydrogen-bond acceptors (Lipinski definition) is 1. The summed E-state index contributed by atoms with van der Waals surface area (Å²) in [6.07, 6.45) is 0.168. The fourth-order valence-electron chi connectivity index (χ4n) is 2.45. The summed E-state index contributed by atoms with van der Waals surface area (Å²) in [6.45, 7) is 6.99. The van der Waals surface area contributed by atoms with Gasteiger partial charge in [0.15, 0.2) is 12.3 Å². The first-order valence-electron chi connectivity index (χ1n) is 5.87. The summed E-state index contributed by atoms with van der Waals surface area (Å²) < 4.78 is 2.13. The third-order valence-corrected chi connectivity index (χ3v) is 3.73. The van der Waals surface area contributed by atoms with Gasteiger partial charge in [-0.15, -0.1) is 24.0 Å². The minimum atomic E-state index is -0.750. The molecule has 98 valence electrons. The molecule has 0 unspecified atom stereocenters. The van der Waals surface area contributed by atoms with E-state index in [0.29, 0.717) is 6.54 Å². The van der Waals surface area contributed by atoms with Crippen molar-refractivity contribution in [3.05, 3.63) is 29.8 Å². The number of rotatable bonds is 3. The van der Waals surface area contributed by atoms with Crippen LogP contribution in [0.3, 0.4) is 0 Å². The second kappa shape index (κ2) is 5.38. The molecule has 0 fully saturated rings. The fourth-order valence-corrected chi connectivity index (χ4v) is 2.45. The predicted octanol–water partition coefficient (Wildman–Crippen LogP) is 3.18. The average molecular weight is 360 g/mol. The van der Waals surface area contributed by atoms with Gasteiger partial charge in [-0.05, 0) is 13.8 Å². The zero-order valence-electron chi connectivity index (χ0n) is 10.9. The van der Waals surface area contributed by atoms with E-state index in [1.807, 2.05) is 12.1 Å². The molecule has 1 aliphatic rings. The van der Waals surface area contributed by atoms with Crippen LogP contribution in [0.1, 0.15) is 32.8 Å². The number of fused-ring (bicyclic) bond motifs is 1. The highest BCUT2D eigenvalue weighted by atomic mass is 127. The molecule has 0 radical (unpaired) electrons. The number of halogens is 1. The van der Waals surface area contributed by atoms with Gasteiger partial charge >= 0.3 is 5.97 Å². The van der Waals surface area contributed by atoms with Crippen LogP contribution in [0.25, 0.3) is 0 Å². The van der Waals surface area contributed by atoms with Gasteiger partial charge in [-0.2, -0.15) is 4.58 Å². The van der Waals surface area contributed by atoms with Gasteiger partial charge in [0.25, 0.3) is 0 Å². The molecule has 0 saturated carbocycles. The highest BCUT2D eigenvalue weighted by Crippen LogP contribution is 2.39. The van der Waals surface area contributed by atoms with Crippen molar-refractivity contribution in [1.29, 1.82) is 0 Å². The number of carboxylic acid groups (broad SMARTS) is 1. The van der Waals surface area contributed by atoms with Crippen molar-refractivity contribution in [2.24, 2.45) is 0 Å². The lowest BCUT2D eigenvalue weighted by atomic mass is 9.82. The number of hydrogen-bond donors (Lipinski definition) is 1. The van der Waals surface area contributed by atoms with Crippen LogP contribution in [0, 0.1) is 0 Å². The molecular weight excluding hydrogens is 341 g/mol. The van der Waals surface area contributed by atoms with Crippen LogP contribution in [0.5, 0.6) is 0 Å². The summed E-state index contributed by atoms with van der Waals surface area (Å²) in [5.41, 5.74) is 3.65. The summed E-state index contributed by atoms with van der Waals surface area (Å²) >= 11 is 0. The molecule has 1 aliphatic heterocycles. The van der Waals surface area contributed by atoms with Gasteiger partial charge in [-0.25, -0.2) is 0 Å². The minimum Gasteiger partial charge on any atom is -0.481 e. The number of carboxylic acids is 1. The van der Waals surface area contributed by atoms with Crippen LogP contribution in [-0.2, 0) is 10.2 Å². The number of aliphatic carboxylic acids is 1. The molecule has 2 rings (SSSR count). The van der Waals surface area contributed by atoms with Crippen LogP contribution in [0.4, 0.5) is 5.69 Å². The molecule has 0 aromatic heterocycles. The van der Waals surface area contributed by atoms with E-state index < -0.39 is 5.97 Å². The topological polar surface area (TPSA) is 40.3 Å². The van der Waals surface area contributed by atoms with Crippen molar-refractivity contribution in [2.75, 3.05) is 6.54 Å². The zero-order valence-corrected chi connectivity index (χ0v) is 13.3. The molecule has 0 spiro atoms.